The molecule has 0 saturated heterocycles. The highest BCUT2D eigenvalue weighted by Crippen LogP contribution is 2.06. The van der Waals surface area contributed by atoms with Crippen LogP contribution in [0.25, 0.3) is 0 Å². The number of nitrogens with two attached hydrogens (primary N) is 1. The second kappa shape index (κ2) is 5.45. The summed E-state index contributed by atoms with van der Waals surface area (Å²) in [5.74, 6) is 2.29. The number of carboxylic acid groups (broad SMARTS) is 1. The molecule has 0 radical (unpaired) electrons. The van der Waals surface area contributed by atoms with Gasteiger partial charge in [-0.1, -0.05) is 24.3 Å². The van der Waals surface area contributed by atoms with E-state index >= 15 is 0 Å². The van der Waals surface area contributed by atoms with Crippen LogP contribution in [0, 0.1) is 0 Å². The summed E-state index contributed by atoms with van der Waals surface area (Å²) < 4.78 is 0. The van der Waals surface area contributed by atoms with Gasteiger partial charge in [0.1, 0.15) is 12.6 Å². The highest BCUT2D eigenvalue weighted by molar-refractivity contribution is 5.73. The van der Waals surface area contributed by atoms with Crippen molar-refractivity contribution < 1.29 is 20.6 Å². The maximum Gasteiger partial charge on any atom is 0.320 e. The zero-order chi connectivity index (χ0) is 11.3. The first kappa shape index (κ1) is 11.6. The van der Waals surface area contributed by atoms with Crippen LogP contribution >= 0.6 is 0 Å². The van der Waals surface area contributed by atoms with E-state index < -0.39 is 12.0 Å². The fraction of sp³-hybridized carbons (Fsp3) is 0.300. The molecule has 5 nitrogen and oxygen atoms in total. The van der Waals surface area contributed by atoms with Gasteiger partial charge in [-0.3, -0.25) is 4.79 Å². The lowest BCUT2D eigenvalue weighted by atomic mass is 10.1. The number of carboxylic acids is 1. The molecule has 5 heteroatoms. The third-order valence-corrected chi connectivity index (χ3v) is 2.06. The van der Waals surface area contributed by atoms with Gasteiger partial charge in [-0.15, -0.1) is 0 Å². The van der Waals surface area contributed by atoms with E-state index in [4.69, 9.17) is 15.7 Å². The van der Waals surface area contributed by atoms with Gasteiger partial charge in [0.2, 0.25) is 0 Å². The van der Waals surface area contributed by atoms with E-state index in [1.54, 1.807) is 0 Å². The maximum atomic E-state index is 10.5. The average molecular weight is 211 g/mol. The van der Waals surface area contributed by atoms with Crippen LogP contribution in [-0.4, -0.2) is 17.1 Å². The molecule has 1 unspecified atom stereocenters. The molecule has 0 bridgehead atoms. The van der Waals surface area contributed by atoms with Crippen molar-refractivity contribution in [1.29, 1.82) is 0 Å². The van der Waals surface area contributed by atoms with E-state index in [2.05, 4.69) is 5.90 Å². The number of carbonyl (C=O) groups is 1. The van der Waals surface area contributed by atoms with Crippen LogP contribution < -0.4 is 11.6 Å². The van der Waals surface area contributed by atoms with E-state index in [9.17, 15) is 4.79 Å². The lowest BCUT2D eigenvalue weighted by Gasteiger charge is -2.06. The Bertz CT molecular complexity index is 324. The molecule has 0 aliphatic rings. The van der Waals surface area contributed by atoms with Crippen LogP contribution in [0.4, 0.5) is 0 Å². The molecule has 1 atom stereocenters. The van der Waals surface area contributed by atoms with E-state index in [1.807, 2.05) is 24.3 Å². The molecule has 6 N–H and O–H groups in total. The van der Waals surface area contributed by atoms with Crippen LogP contribution in [0.15, 0.2) is 24.3 Å². The van der Waals surface area contributed by atoms with Crippen molar-refractivity contribution in [3.05, 3.63) is 35.4 Å². The molecule has 15 heavy (non-hydrogen) atoms. The monoisotopic (exact) mass is 211 g/mol. The molecular weight excluding hydrogens is 196 g/mol. The molecule has 0 aliphatic heterocycles. The van der Waals surface area contributed by atoms with Crippen molar-refractivity contribution in [2.45, 2.75) is 19.1 Å². The Morgan fingerprint density at radius 1 is 1.40 bits per heavy atom. The third-order valence-electron chi connectivity index (χ3n) is 2.06. The maximum absolute atomic E-state index is 10.5. The van der Waals surface area contributed by atoms with Gasteiger partial charge in [0.15, 0.2) is 0 Å². The summed E-state index contributed by atoms with van der Waals surface area (Å²) in [7, 11) is 0. The number of hydrogen-bond acceptors (Lipinski definition) is 3. The van der Waals surface area contributed by atoms with Crippen LogP contribution in [-0.2, 0) is 22.7 Å². The Balaban J connectivity index is 2.60. The Hall–Kier alpha value is -1.43. The number of benzene rings is 1. The second-order valence-electron chi connectivity index (χ2n) is 3.31. The zero-order valence-electron chi connectivity index (χ0n) is 8.35. The molecule has 0 heterocycles. The fourth-order valence-electron chi connectivity index (χ4n) is 1.23. The molecule has 1 aromatic rings. The van der Waals surface area contributed by atoms with Crippen molar-refractivity contribution in [2.75, 3.05) is 0 Å². The predicted molar refractivity (Wildman–Crippen MR) is 53.4 cm³/mol. The minimum atomic E-state index is -0.986. The average Bonchev–Trinajstić information content (AvgIpc) is 2.21. The Morgan fingerprint density at radius 2 is 1.93 bits per heavy atom. The van der Waals surface area contributed by atoms with Gasteiger partial charge in [-0.2, -0.15) is 0 Å². The number of hydrogen-bond donors (Lipinski definition) is 3. The van der Waals surface area contributed by atoms with Gasteiger partial charge < -0.3 is 10.8 Å². The van der Waals surface area contributed by atoms with Crippen molar-refractivity contribution in [2.24, 2.45) is 5.73 Å². The smallest absolute Gasteiger partial charge is 0.320 e. The molecule has 0 aliphatic carbocycles. The molecule has 0 amide bonds. The summed E-state index contributed by atoms with van der Waals surface area (Å²) in [6.45, 7) is 0.450. The molecule has 1 aromatic carbocycles. The Kier molecular flexibility index (Phi) is 4.23. The van der Waals surface area contributed by atoms with E-state index in [0.29, 0.717) is 13.0 Å². The molecule has 0 spiro atoms. The van der Waals surface area contributed by atoms with Gasteiger partial charge in [0.25, 0.3) is 0 Å². The van der Waals surface area contributed by atoms with Crippen molar-refractivity contribution >= 4 is 5.97 Å². The van der Waals surface area contributed by atoms with E-state index in [0.717, 1.165) is 11.1 Å². The molecule has 82 valence electrons. The first-order valence-corrected chi connectivity index (χ1v) is 4.56. The first-order chi connectivity index (χ1) is 7.13. The highest BCUT2D eigenvalue weighted by Gasteiger charge is 2.11. The minimum absolute atomic E-state index is 0.334. The van der Waals surface area contributed by atoms with Crippen molar-refractivity contribution in [3.8, 4) is 0 Å². The van der Waals surface area contributed by atoms with Gasteiger partial charge in [-0.05, 0) is 17.5 Å². The van der Waals surface area contributed by atoms with Gasteiger partial charge in [0.05, 0.1) is 0 Å². The number of aliphatic carboxylic acids is 1. The van der Waals surface area contributed by atoms with Gasteiger partial charge in [0, 0.05) is 0 Å². The molecular formula is C10H15N2O3+. The summed E-state index contributed by atoms with van der Waals surface area (Å²) in [6.07, 6.45) is 0.334. The quantitative estimate of drug-likeness (QED) is 0.561. The molecule has 0 aromatic heterocycles. The van der Waals surface area contributed by atoms with Crippen LogP contribution in [0.1, 0.15) is 11.1 Å². The van der Waals surface area contributed by atoms with Crippen molar-refractivity contribution in [1.82, 2.24) is 0 Å². The number of rotatable bonds is 5. The fourth-order valence-corrected chi connectivity index (χ4v) is 1.23. The molecule has 1 rings (SSSR count). The van der Waals surface area contributed by atoms with Crippen LogP contribution in [0.2, 0.25) is 0 Å². The van der Waals surface area contributed by atoms with Gasteiger partial charge in [-0.25, -0.2) is 10.7 Å². The SMILES string of the molecule is NC(Cc1ccc(CO[NH3+])cc1)C(=O)O. The normalized spacial score (nSPS) is 12.4. The highest BCUT2D eigenvalue weighted by atomic mass is 16.6. The number of quaternary nitrogens is 1. The van der Waals surface area contributed by atoms with Crippen molar-refractivity contribution in [3.63, 3.8) is 0 Å². The summed E-state index contributed by atoms with van der Waals surface area (Å²) >= 11 is 0. The van der Waals surface area contributed by atoms with Crippen LogP contribution in [0.3, 0.4) is 0 Å². The second-order valence-corrected chi connectivity index (χ2v) is 3.31. The summed E-state index contributed by atoms with van der Waals surface area (Å²) in [6, 6.07) is 6.58. The standard InChI is InChI=1S/C10H14N2O3/c11-9(10(13)14)5-7-1-3-8(4-2-7)6-15-12/h1-4,9H,5-6,11H2,12H3/p+1. The Labute approximate surface area is 87.6 Å². The lowest BCUT2D eigenvalue weighted by Crippen LogP contribution is -2.48. The third kappa shape index (κ3) is 3.67. The predicted octanol–water partition coefficient (Wildman–Crippen LogP) is -0.685. The largest absolute Gasteiger partial charge is 0.480 e. The van der Waals surface area contributed by atoms with E-state index in [1.165, 1.54) is 0 Å². The Morgan fingerprint density at radius 3 is 2.40 bits per heavy atom. The molecule has 0 saturated carbocycles. The zero-order valence-corrected chi connectivity index (χ0v) is 8.35. The first-order valence-electron chi connectivity index (χ1n) is 4.56. The summed E-state index contributed by atoms with van der Waals surface area (Å²) in [4.78, 5) is 15.2. The summed E-state index contributed by atoms with van der Waals surface area (Å²) in [5, 5.41) is 8.63. The van der Waals surface area contributed by atoms with Crippen LogP contribution in [0.5, 0.6) is 0 Å². The summed E-state index contributed by atoms with van der Waals surface area (Å²) in [5.41, 5.74) is 7.31. The molecule has 0 fully saturated rings. The topological polar surface area (TPSA) is 100 Å². The lowest BCUT2D eigenvalue weighted by molar-refractivity contribution is -0.695. The van der Waals surface area contributed by atoms with Gasteiger partial charge >= 0.3 is 5.97 Å². The van der Waals surface area contributed by atoms with E-state index in [-0.39, 0.29) is 0 Å². The minimum Gasteiger partial charge on any atom is -0.480 e.